The molecule has 2 N–H and O–H groups in total. The summed E-state index contributed by atoms with van der Waals surface area (Å²) in [6.45, 7) is 1.79. The van der Waals surface area contributed by atoms with Gasteiger partial charge in [-0.2, -0.15) is 0 Å². The maximum atomic E-state index is 11.8. The van der Waals surface area contributed by atoms with Crippen LogP contribution < -0.4 is 5.32 Å². The van der Waals surface area contributed by atoms with Crippen molar-refractivity contribution in [2.24, 2.45) is 0 Å². The number of amides is 1. The molecule has 1 amide bonds. The van der Waals surface area contributed by atoms with Gasteiger partial charge in [-0.1, -0.05) is 0 Å². The van der Waals surface area contributed by atoms with E-state index < -0.39 is 5.60 Å². The molecule has 0 aliphatic rings. The van der Waals surface area contributed by atoms with E-state index in [1.54, 1.807) is 43.6 Å². The van der Waals surface area contributed by atoms with Gasteiger partial charge in [-0.25, -0.2) is 0 Å². The number of rotatable bonds is 5. The molecule has 0 spiro atoms. The minimum Gasteiger partial charge on any atom is -0.469 e. The number of aromatic nitrogens is 1. The van der Waals surface area contributed by atoms with Gasteiger partial charge in [0.15, 0.2) is 0 Å². The molecule has 0 saturated heterocycles. The van der Waals surface area contributed by atoms with Crippen molar-refractivity contribution in [2.75, 3.05) is 6.54 Å². The van der Waals surface area contributed by atoms with Crippen LogP contribution in [0.4, 0.5) is 0 Å². The maximum Gasteiger partial charge on any atom is 0.252 e. The minimum atomic E-state index is -1.06. The second kappa shape index (κ2) is 5.67. The van der Waals surface area contributed by atoms with Crippen LogP contribution in [0.15, 0.2) is 47.3 Å². The highest BCUT2D eigenvalue weighted by atomic mass is 16.3. The van der Waals surface area contributed by atoms with Crippen LogP contribution in [-0.4, -0.2) is 28.1 Å². The number of pyridine rings is 1. The lowest BCUT2D eigenvalue weighted by Gasteiger charge is -2.22. The second-order valence-corrected chi connectivity index (χ2v) is 4.68. The zero-order valence-corrected chi connectivity index (χ0v) is 10.7. The second-order valence-electron chi connectivity index (χ2n) is 4.68. The fraction of sp³-hybridized carbons (Fsp3) is 0.286. The van der Waals surface area contributed by atoms with E-state index in [0.717, 1.165) is 0 Å². The number of aliphatic hydroxyl groups is 1. The van der Waals surface area contributed by atoms with Gasteiger partial charge < -0.3 is 14.8 Å². The van der Waals surface area contributed by atoms with Crippen molar-refractivity contribution >= 4 is 5.91 Å². The molecular weight excluding hydrogens is 244 g/mol. The number of carbonyl (C=O) groups is 1. The number of furan rings is 1. The van der Waals surface area contributed by atoms with Crippen LogP contribution in [0.2, 0.25) is 0 Å². The first-order valence-electron chi connectivity index (χ1n) is 6.00. The van der Waals surface area contributed by atoms with Crippen LogP contribution >= 0.6 is 0 Å². The van der Waals surface area contributed by atoms with E-state index in [2.05, 4.69) is 10.3 Å². The van der Waals surface area contributed by atoms with Crippen LogP contribution in [0.5, 0.6) is 0 Å². The molecule has 2 heterocycles. The Labute approximate surface area is 111 Å². The topological polar surface area (TPSA) is 75.4 Å². The lowest BCUT2D eigenvalue weighted by atomic mass is 10.0. The Morgan fingerprint density at radius 3 is 2.95 bits per heavy atom. The van der Waals surface area contributed by atoms with Gasteiger partial charge in [0.25, 0.3) is 5.91 Å². The van der Waals surface area contributed by atoms with Crippen molar-refractivity contribution in [3.05, 3.63) is 54.2 Å². The third-order valence-electron chi connectivity index (χ3n) is 2.69. The van der Waals surface area contributed by atoms with Crippen LogP contribution in [0.25, 0.3) is 0 Å². The van der Waals surface area contributed by atoms with Gasteiger partial charge in [0, 0.05) is 25.4 Å². The summed E-state index contributed by atoms with van der Waals surface area (Å²) in [5.41, 5.74) is -0.591. The quantitative estimate of drug-likeness (QED) is 0.852. The average molecular weight is 260 g/mol. The molecule has 2 aromatic heterocycles. The van der Waals surface area contributed by atoms with E-state index in [0.29, 0.717) is 17.7 Å². The van der Waals surface area contributed by atoms with Gasteiger partial charge in [-0.05, 0) is 31.2 Å². The average Bonchev–Trinajstić information content (AvgIpc) is 2.89. The first kappa shape index (κ1) is 13.3. The fourth-order valence-electron chi connectivity index (χ4n) is 1.72. The summed E-state index contributed by atoms with van der Waals surface area (Å²) in [5.74, 6) is 0.424. The summed E-state index contributed by atoms with van der Waals surface area (Å²) in [7, 11) is 0. The van der Waals surface area contributed by atoms with Crippen molar-refractivity contribution in [3.63, 3.8) is 0 Å². The first-order chi connectivity index (χ1) is 9.07. The highest BCUT2D eigenvalue weighted by Gasteiger charge is 2.23. The summed E-state index contributed by atoms with van der Waals surface area (Å²) >= 11 is 0. The maximum absolute atomic E-state index is 11.8. The number of nitrogens with one attached hydrogen (secondary N) is 1. The van der Waals surface area contributed by atoms with Crippen molar-refractivity contribution in [1.29, 1.82) is 0 Å². The zero-order chi connectivity index (χ0) is 13.7. The van der Waals surface area contributed by atoms with E-state index in [1.165, 1.54) is 6.20 Å². The molecule has 1 unspecified atom stereocenters. The monoisotopic (exact) mass is 260 g/mol. The molecule has 100 valence electrons. The van der Waals surface area contributed by atoms with Gasteiger partial charge in [-0.3, -0.25) is 9.78 Å². The van der Waals surface area contributed by atoms with Gasteiger partial charge in [-0.15, -0.1) is 0 Å². The Balaban J connectivity index is 1.89. The standard InChI is InChI=1S/C14H16N2O3/c1-14(18,8-12-5-3-7-19-12)10-16-13(17)11-4-2-6-15-9-11/h2-7,9,18H,8,10H2,1H3,(H,16,17). The predicted octanol–water partition coefficient (Wildman–Crippen LogP) is 1.40. The molecule has 0 aromatic carbocycles. The van der Waals surface area contributed by atoms with Gasteiger partial charge in [0.05, 0.1) is 17.4 Å². The van der Waals surface area contributed by atoms with E-state index in [-0.39, 0.29) is 12.5 Å². The zero-order valence-electron chi connectivity index (χ0n) is 10.7. The Morgan fingerprint density at radius 1 is 1.47 bits per heavy atom. The summed E-state index contributed by atoms with van der Waals surface area (Å²) < 4.78 is 5.18. The molecule has 0 saturated carbocycles. The molecule has 5 heteroatoms. The van der Waals surface area contributed by atoms with Crippen LogP contribution in [0.1, 0.15) is 23.0 Å². The predicted molar refractivity (Wildman–Crippen MR) is 69.6 cm³/mol. The third kappa shape index (κ3) is 3.93. The molecule has 0 bridgehead atoms. The molecule has 0 aliphatic carbocycles. The number of carbonyl (C=O) groups excluding carboxylic acids is 1. The largest absolute Gasteiger partial charge is 0.469 e. The molecule has 0 aliphatic heterocycles. The molecule has 0 fully saturated rings. The Kier molecular flexibility index (Phi) is 3.97. The number of hydrogen-bond donors (Lipinski definition) is 2. The van der Waals surface area contributed by atoms with Gasteiger partial charge in [0.1, 0.15) is 5.76 Å². The van der Waals surface area contributed by atoms with Crippen molar-refractivity contribution in [1.82, 2.24) is 10.3 Å². The molecule has 1 atom stereocenters. The molecular formula is C14H16N2O3. The van der Waals surface area contributed by atoms with E-state index in [4.69, 9.17) is 4.42 Å². The Hall–Kier alpha value is -2.14. The first-order valence-corrected chi connectivity index (χ1v) is 6.00. The fourth-order valence-corrected chi connectivity index (χ4v) is 1.72. The van der Waals surface area contributed by atoms with Gasteiger partial charge in [0.2, 0.25) is 0 Å². The van der Waals surface area contributed by atoms with E-state index >= 15 is 0 Å². The third-order valence-corrected chi connectivity index (χ3v) is 2.69. The van der Waals surface area contributed by atoms with Crippen molar-refractivity contribution < 1.29 is 14.3 Å². The van der Waals surface area contributed by atoms with Crippen LogP contribution in [0, 0.1) is 0 Å². The Bertz CT molecular complexity index is 521. The number of hydrogen-bond acceptors (Lipinski definition) is 4. The highest BCUT2D eigenvalue weighted by molar-refractivity contribution is 5.93. The van der Waals surface area contributed by atoms with Gasteiger partial charge >= 0.3 is 0 Å². The van der Waals surface area contributed by atoms with Crippen LogP contribution in [0.3, 0.4) is 0 Å². The molecule has 0 radical (unpaired) electrons. The SMILES string of the molecule is CC(O)(CNC(=O)c1cccnc1)Cc1ccco1. The smallest absolute Gasteiger partial charge is 0.252 e. The van der Waals surface area contributed by atoms with E-state index in [9.17, 15) is 9.90 Å². The summed E-state index contributed by atoms with van der Waals surface area (Å²) in [6, 6.07) is 6.91. The van der Waals surface area contributed by atoms with E-state index in [1.807, 2.05) is 0 Å². The highest BCUT2D eigenvalue weighted by Crippen LogP contribution is 2.12. The lowest BCUT2D eigenvalue weighted by molar-refractivity contribution is 0.0510. The Morgan fingerprint density at radius 2 is 2.32 bits per heavy atom. The number of nitrogens with zero attached hydrogens (tertiary/aromatic N) is 1. The minimum absolute atomic E-state index is 0.140. The van der Waals surface area contributed by atoms with Crippen LogP contribution in [-0.2, 0) is 6.42 Å². The molecule has 5 nitrogen and oxygen atoms in total. The summed E-state index contributed by atoms with van der Waals surface area (Å²) in [4.78, 5) is 15.7. The summed E-state index contributed by atoms with van der Waals surface area (Å²) in [5, 5.41) is 12.9. The molecule has 19 heavy (non-hydrogen) atoms. The van der Waals surface area contributed by atoms with Crippen molar-refractivity contribution in [2.45, 2.75) is 18.9 Å². The molecule has 2 aromatic rings. The normalized spacial score (nSPS) is 13.8. The van der Waals surface area contributed by atoms with Crippen molar-refractivity contribution in [3.8, 4) is 0 Å². The molecule has 2 rings (SSSR count). The summed E-state index contributed by atoms with van der Waals surface area (Å²) in [6.07, 6.45) is 4.98. The lowest BCUT2D eigenvalue weighted by Crippen LogP contribution is -2.42.